The van der Waals surface area contributed by atoms with Crippen molar-refractivity contribution in [3.63, 3.8) is 0 Å². The van der Waals surface area contributed by atoms with Crippen molar-refractivity contribution < 1.29 is 62.8 Å². The standard InChI is InChI=1S/C37H43ClO13/c1-22(39)44-21-27-29(45-18-24-12-6-3-7-13-24)32(46-19-25-14-8-4-9-15-25)34(47-20-26-16-10-5-11-17-26)37(49-27)51-33-30(48-23(2)40)28(41)31(35(38)42)50-36(33)43/h3-17,27-37,41-43H,18-21H2,1-2H3/t27-,28+,29-,30+,31+,32+,33-,34-,35?,36+,37-/m1/s1. The molecular formula is C37H43ClO13. The third-order valence-electron chi connectivity index (χ3n) is 8.34. The van der Waals surface area contributed by atoms with Crippen molar-refractivity contribution in [2.24, 2.45) is 0 Å². The molecule has 1 unspecified atom stereocenters. The van der Waals surface area contributed by atoms with Gasteiger partial charge in [-0.05, 0) is 16.7 Å². The van der Waals surface area contributed by atoms with Crippen molar-refractivity contribution >= 4 is 23.5 Å². The Bertz CT molecular complexity index is 1500. The predicted octanol–water partition coefficient (Wildman–Crippen LogP) is 2.98. The first-order chi connectivity index (χ1) is 24.6. The Balaban J connectivity index is 1.53. The zero-order chi connectivity index (χ0) is 36.3. The summed E-state index contributed by atoms with van der Waals surface area (Å²) < 4.78 is 48.5. The molecule has 0 aromatic heterocycles. The lowest BCUT2D eigenvalue weighted by Crippen LogP contribution is -2.66. The summed E-state index contributed by atoms with van der Waals surface area (Å²) in [6, 6.07) is 28.2. The minimum Gasteiger partial charge on any atom is -0.463 e. The van der Waals surface area contributed by atoms with E-state index in [4.69, 9.17) is 49.5 Å². The van der Waals surface area contributed by atoms with Crippen molar-refractivity contribution in [3.05, 3.63) is 108 Å². The van der Waals surface area contributed by atoms with Crippen LogP contribution < -0.4 is 0 Å². The molecule has 3 aromatic carbocycles. The minimum atomic E-state index is -1.86. The topological polar surface area (TPSA) is 169 Å². The number of aliphatic hydroxyl groups excluding tert-OH is 3. The van der Waals surface area contributed by atoms with E-state index in [0.717, 1.165) is 23.6 Å². The van der Waals surface area contributed by atoms with Gasteiger partial charge in [-0.15, -0.1) is 0 Å². The second-order valence-corrected chi connectivity index (χ2v) is 12.6. The fourth-order valence-electron chi connectivity index (χ4n) is 5.91. The maximum atomic E-state index is 12.2. The molecule has 2 saturated heterocycles. The normalized spacial score (nSPS) is 29.9. The van der Waals surface area contributed by atoms with Crippen molar-refractivity contribution in [1.29, 1.82) is 0 Å². The third kappa shape index (κ3) is 10.8. The number of hydrogen-bond acceptors (Lipinski definition) is 13. The van der Waals surface area contributed by atoms with Crippen LogP contribution in [-0.4, -0.2) is 101 Å². The zero-order valence-corrected chi connectivity index (χ0v) is 28.9. The van der Waals surface area contributed by atoms with Crippen LogP contribution in [0.25, 0.3) is 0 Å². The average molecular weight is 731 g/mol. The summed E-state index contributed by atoms with van der Waals surface area (Å²) in [5.74, 6) is -1.38. The number of ether oxygens (including phenoxy) is 8. The lowest BCUT2D eigenvalue weighted by atomic mass is 9.96. The molecule has 0 saturated carbocycles. The summed E-state index contributed by atoms with van der Waals surface area (Å²) >= 11 is 5.82. The van der Waals surface area contributed by atoms with E-state index < -0.39 is 78.9 Å². The summed E-state index contributed by atoms with van der Waals surface area (Å²) in [5, 5.41) is 32.2. The van der Waals surface area contributed by atoms with Crippen LogP contribution in [0.1, 0.15) is 30.5 Å². The van der Waals surface area contributed by atoms with E-state index in [0.29, 0.717) is 0 Å². The van der Waals surface area contributed by atoms with Crippen LogP contribution in [0.4, 0.5) is 0 Å². The SMILES string of the molecule is CC(=O)OC[C@H]1O[C@H](O[C@@H]2[C@@H](OC(C)=O)[C@H](O)[C@@H](C(O)Cl)O[C@@H]2O)[C@H](OCc2ccccc2)[C@@H](OCc2ccccc2)[C@@H]1OCc1ccccc1. The van der Waals surface area contributed by atoms with Crippen molar-refractivity contribution in [2.75, 3.05) is 6.61 Å². The van der Waals surface area contributed by atoms with Gasteiger partial charge in [-0.3, -0.25) is 9.59 Å². The van der Waals surface area contributed by atoms with Gasteiger partial charge in [0.1, 0.15) is 43.2 Å². The Labute approximate surface area is 300 Å². The molecule has 3 N–H and O–H groups in total. The molecule has 276 valence electrons. The van der Waals surface area contributed by atoms with Gasteiger partial charge in [0.2, 0.25) is 0 Å². The molecule has 5 rings (SSSR count). The molecule has 2 aliphatic heterocycles. The lowest BCUT2D eigenvalue weighted by Gasteiger charge is -2.48. The zero-order valence-electron chi connectivity index (χ0n) is 28.1. The van der Waals surface area contributed by atoms with E-state index in [1.807, 2.05) is 91.0 Å². The van der Waals surface area contributed by atoms with Crippen LogP contribution in [0.3, 0.4) is 0 Å². The number of rotatable bonds is 15. The van der Waals surface area contributed by atoms with E-state index in [-0.39, 0.29) is 26.4 Å². The second kappa shape index (κ2) is 18.9. The molecule has 3 aromatic rings. The number of hydrogen-bond donors (Lipinski definition) is 3. The molecule has 13 nitrogen and oxygen atoms in total. The second-order valence-electron chi connectivity index (χ2n) is 12.2. The Morgan fingerprint density at radius 2 is 1.18 bits per heavy atom. The highest BCUT2D eigenvalue weighted by Gasteiger charge is 2.55. The van der Waals surface area contributed by atoms with E-state index in [2.05, 4.69) is 0 Å². The number of alkyl halides is 1. The Kier molecular flexibility index (Phi) is 14.3. The molecule has 2 aliphatic rings. The number of carbonyl (C=O) groups is 2. The number of carbonyl (C=O) groups excluding carboxylic acids is 2. The van der Waals surface area contributed by atoms with Crippen LogP contribution >= 0.6 is 11.6 Å². The highest BCUT2D eigenvalue weighted by molar-refractivity contribution is 6.19. The Hall–Kier alpha value is -3.47. The third-order valence-corrected chi connectivity index (χ3v) is 8.59. The molecule has 0 spiro atoms. The molecule has 51 heavy (non-hydrogen) atoms. The van der Waals surface area contributed by atoms with Gasteiger partial charge in [-0.25, -0.2) is 0 Å². The predicted molar refractivity (Wildman–Crippen MR) is 180 cm³/mol. The van der Waals surface area contributed by atoms with Crippen LogP contribution in [0, 0.1) is 0 Å². The van der Waals surface area contributed by atoms with Gasteiger partial charge in [-0.2, -0.15) is 0 Å². The van der Waals surface area contributed by atoms with Gasteiger partial charge in [0, 0.05) is 13.8 Å². The summed E-state index contributed by atoms with van der Waals surface area (Å²) in [6.45, 7) is 2.43. The quantitative estimate of drug-likeness (QED) is 0.154. The van der Waals surface area contributed by atoms with Gasteiger partial charge < -0.3 is 53.2 Å². The van der Waals surface area contributed by atoms with E-state index in [1.165, 1.54) is 6.92 Å². The minimum absolute atomic E-state index is 0.0696. The fourth-order valence-corrected chi connectivity index (χ4v) is 6.12. The summed E-state index contributed by atoms with van der Waals surface area (Å²) in [4.78, 5) is 24.2. The van der Waals surface area contributed by atoms with Crippen LogP contribution in [0.15, 0.2) is 91.0 Å². The molecule has 11 atom stereocenters. The molecule has 2 fully saturated rings. The van der Waals surface area contributed by atoms with Crippen LogP contribution in [0.5, 0.6) is 0 Å². The van der Waals surface area contributed by atoms with Crippen LogP contribution in [0.2, 0.25) is 0 Å². The number of halogens is 1. The van der Waals surface area contributed by atoms with Crippen LogP contribution in [-0.2, 0) is 67.3 Å². The first-order valence-electron chi connectivity index (χ1n) is 16.5. The largest absolute Gasteiger partial charge is 0.463 e. The monoisotopic (exact) mass is 730 g/mol. The van der Waals surface area contributed by atoms with Gasteiger partial charge >= 0.3 is 11.9 Å². The van der Waals surface area contributed by atoms with Crippen molar-refractivity contribution in [1.82, 2.24) is 0 Å². The molecular weight excluding hydrogens is 688 g/mol. The fraction of sp³-hybridized carbons (Fsp3) is 0.459. The number of aliphatic hydroxyl groups is 3. The average Bonchev–Trinajstić information content (AvgIpc) is 3.12. The maximum absolute atomic E-state index is 12.2. The van der Waals surface area contributed by atoms with Crippen molar-refractivity contribution in [2.45, 2.75) is 101 Å². The van der Waals surface area contributed by atoms with E-state index in [1.54, 1.807) is 0 Å². The van der Waals surface area contributed by atoms with Gasteiger partial charge in [0.25, 0.3) is 0 Å². The smallest absolute Gasteiger partial charge is 0.303 e. The molecule has 0 aliphatic carbocycles. The highest BCUT2D eigenvalue weighted by Crippen LogP contribution is 2.35. The molecule has 14 heteroatoms. The van der Waals surface area contributed by atoms with Gasteiger partial charge in [0.05, 0.1) is 19.8 Å². The van der Waals surface area contributed by atoms with Gasteiger partial charge in [-0.1, -0.05) is 103 Å². The van der Waals surface area contributed by atoms with E-state index in [9.17, 15) is 24.9 Å². The first kappa shape index (κ1) is 38.8. The molecule has 0 radical (unpaired) electrons. The summed E-state index contributed by atoms with van der Waals surface area (Å²) in [7, 11) is 0. The number of benzene rings is 3. The van der Waals surface area contributed by atoms with Crippen molar-refractivity contribution in [3.8, 4) is 0 Å². The summed E-state index contributed by atoms with van der Waals surface area (Å²) in [5.41, 5.74) is 0.770. The number of esters is 2. The first-order valence-corrected chi connectivity index (χ1v) is 17.0. The molecule has 0 amide bonds. The maximum Gasteiger partial charge on any atom is 0.303 e. The Morgan fingerprint density at radius 3 is 1.65 bits per heavy atom. The van der Waals surface area contributed by atoms with E-state index >= 15 is 0 Å². The Morgan fingerprint density at radius 1 is 0.686 bits per heavy atom. The highest BCUT2D eigenvalue weighted by atomic mass is 35.5. The lowest BCUT2D eigenvalue weighted by molar-refractivity contribution is -0.373. The molecule has 2 heterocycles. The summed E-state index contributed by atoms with van der Waals surface area (Å²) in [6.07, 6.45) is -13.6. The van der Waals surface area contributed by atoms with Gasteiger partial charge in [0.15, 0.2) is 30.4 Å². The molecule has 0 bridgehead atoms.